The Morgan fingerprint density at radius 2 is 2.14 bits per heavy atom. The van der Waals surface area contributed by atoms with Gasteiger partial charge in [-0.25, -0.2) is 4.57 Å². The van der Waals surface area contributed by atoms with Crippen molar-refractivity contribution in [2.75, 3.05) is 0 Å². The average Bonchev–Trinajstić information content (AvgIpc) is 3.07. The number of thiophene rings is 1. The summed E-state index contributed by atoms with van der Waals surface area (Å²) in [4.78, 5) is 6.12. The van der Waals surface area contributed by atoms with E-state index in [1.165, 1.54) is 21.7 Å². The van der Waals surface area contributed by atoms with E-state index in [1.54, 1.807) is 11.3 Å². The standard InChI is InChI=1S/C19H23N2S/c1-5-10-21-13-15(8-9-16-7-6-11-22-16)12-17-18(21)20-14(2)19(17,3)4/h6-9,11-13H,5,10H2,1-4H3/q+1/b9-8+. The lowest BCUT2D eigenvalue weighted by Crippen LogP contribution is -2.35. The Kier molecular flexibility index (Phi) is 4.00. The molecule has 114 valence electrons. The van der Waals surface area contributed by atoms with Gasteiger partial charge in [0.1, 0.15) is 5.71 Å². The molecule has 0 N–H and O–H groups in total. The lowest BCUT2D eigenvalue weighted by molar-refractivity contribution is -0.684. The maximum Gasteiger partial charge on any atom is 0.327 e. The lowest BCUT2D eigenvalue weighted by atomic mass is 9.82. The number of nitrogens with zero attached hydrogens (tertiary/aromatic N) is 2. The highest BCUT2D eigenvalue weighted by atomic mass is 32.1. The van der Waals surface area contributed by atoms with Gasteiger partial charge >= 0.3 is 5.82 Å². The van der Waals surface area contributed by atoms with E-state index >= 15 is 0 Å². The molecule has 3 heteroatoms. The van der Waals surface area contributed by atoms with Gasteiger partial charge in [-0.05, 0) is 61.8 Å². The van der Waals surface area contributed by atoms with E-state index in [-0.39, 0.29) is 5.41 Å². The van der Waals surface area contributed by atoms with Crippen LogP contribution in [0, 0.1) is 0 Å². The number of aromatic nitrogens is 1. The number of hydrogen-bond donors (Lipinski definition) is 0. The molecule has 0 aromatic carbocycles. The Morgan fingerprint density at radius 3 is 2.82 bits per heavy atom. The Morgan fingerprint density at radius 1 is 1.32 bits per heavy atom. The molecule has 2 aromatic heterocycles. The Balaban J connectivity index is 2.05. The molecule has 0 saturated carbocycles. The molecule has 0 aliphatic carbocycles. The van der Waals surface area contributed by atoms with Crippen LogP contribution in [0.1, 0.15) is 50.1 Å². The van der Waals surface area contributed by atoms with Crippen LogP contribution in [0.25, 0.3) is 12.2 Å². The van der Waals surface area contributed by atoms with E-state index in [1.807, 2.05) is 0 Å². The zero-order chi connectivity index (χ0) is 15.7. The third kappa shape index (κ3) is 2.66. The molecule has 0 spiro atoms. The van der Waals surface area contributed by atoms with Crippen LogP contribution in [0.15, 0.2) is 34.8 Å². The fraction of sp³-hybridized carbons (Fsp3) is 0.368. The largest absolute Gasteiger partial charge is 0.327 e. The van der Waals surface area contributed by atoms with Crippen molar-refractivity contribution in [3.05, 3.63) is 45.8 Å². The second-order valence-corrected chi connectivity index (χ2v) is 7.35. The molecule has 1 aliphatic rings. The third-order valence-corrected chi connectivity index (χ3v) is 5.27. The summed E-state index contributed by atoms with van der Waals surface area (Å²) in [5.74, 6) is 1.14. The summed E-state index contributed by atoms with van der Waals surface area (Å²) in [6, 6.07) is 6.53. The van der Waals surface area contributed by atoms with E-state index in [2.05, 4.69) is 74.2 Å². The number of aliphatic imine (C=N–C) groups is 1. The zero-order valence-electron chi connectivity index (χ0n) is 13.8. The summed E-state index contributed by atoms with van der Waals surface area (Å²) in [6.07, 6.45) is 7.75. The van der Waals surface area contributed by atoms with Gasteiger partial charge in [0, 0.05) is 10.4 Å². The Hall–Kier alpha value is -1.74. The maximum absolute atomic E-state index is 4.83. The summed E-state index contributed by atoms with van der Waals surface area (Å²) in [6.45, 7) is 9.89. The molecule has 2 nitrogen and oxygen atoms in total. The summed E-state index contributed by atoms with van der Waals surface area (Å²) in [5.41, 5.74) is 3.81. The van der Waals surface area contributed by atoms with Crippen molar-refractivity contribution in [3.8, 4) is 0 Å². The van der Waals surface area contributed by atoms with Gasteiger partial charge in [-0.3, -0.25) is 0 Å². The van der Waals surface area contributed by atoms with Crippen LogP contribution >= 0.6 is 11.3 Å². The highest BCUT2D eigenvalue weighted by Crippen LogP contribution is 2.38. The molecular weight excluding hydrogens is 288 g/mol. The number of fused-ring (bicyclic) bond motifs is 1. The van der Waals surface area contributed by atoms with E-state index in [4.69, 9.17) is 4.99 Å². The van der Waals surface area contributed by atoms with Crippen molar-refractivity contribution in [3.63, 3.8) is 0 Å². The molecular formula is C19H23N2S+. The second kappa shape index (κ2) is 5.81. The fourth-order valence-electron chi connectivity index (χ4n) is 2.81. The minimum atomic E-state index is 0.0254. The first kappa shape index (κ1) is 15.2. The molecule has 1 aliphatic heterocycles. The summed E-state index contributed by atoms with van der Waals surface area (Å²) < 4.78 is 2.31. The number of rotatable bonds is 4. The van der Waals surface area contributed by atoms with Crippen LogP contribution in [-0.2, 0) is 12.0 Å². The van der Waals surface area contributed by atoms with E-state index < -0.39 is 0 Å². The van der Waals surface area contributed by atoms with Gasteiger partial charge in [0.15, 0.2) is 0 Å². The van der Waals surface area contributed by atoms with Crippen LogP contribution in [0.4, 0.5) is 5.82 Å². The molecule has 0 atom stereocenters. The van der Waals surface area contributed by atoms with Crippen molar-refractivity contribution in [2.45, 2.75) is 46.1 Å². The van der Waals surface area contributed by atoms with E-state index in [0.29, 0.717) is 0 Å². The van der Waals surface area contributed by atoms with Gasteiger partial charge in [-0.2, -0.15) is 0 Å². The summed E-state index contributed by atoms with van der Waals surface area (Å²) in [7, 11) is 0. The monoisotopic (exact) mass is 311 g/mol. The van der Waals surface area contributed by atoms with Gasteiger partial charge in [-0.15, -0.1) is 11.3 Å². The van der Waals surface area contributed by atoms with Crippen LogP contribution in [0.3, 0.4) is 0 Å². The van der Waals surface area contributed by atoms with Crippen molar-refractivity contribution < 1.29 is 4.57 Å². The van der Waals surface area contributed by atoms with E-state index in [9.17, 15) is 0 Å². The van der Waals surface area contributed by atoms with Crippen molar-refractivity contribution in [1.29, 1.82) is 0 Å². The molecule has 0 fully saturated rings. The molecule has 22 heavy (non-hydrogen) atoms. The molecule has 0 bridgehead atoms. The molecule has 3 heterocycles. The first-order chi connectivity index (χ1) is 10.5. The number of pyridine rings is 1. The van der Waals surface area contributed by atoms with Crippen molar-refractivity contribution in [1.82, 2.24) is 0 Å². The smallest absolute Gasteiger partial charge is 0.230 e. The van der Waals surface area contributed by atoms with Crippen molar-refractivity contribution in [2.24, 2.45) is 4.99 Å². The normalized spacial score (nSPS) is 16.1. The summed E-state index contributed by atoms with van der Waals surface area (Å²) >= 11 is 1.77. The fourth-order valence-corrected chi connectivity index (χ4v) is 3.43. The minimum Gasteiger partial charge on any atom is -0.230 e. The SMILES string of the molecule is CCC[n+]1cc(/C=C/c2cccs2)cc2c1N=C(C)C2(C)C. The first-order valence-corrected chi connectivity index (χ1v) is 8.75. The van der Waals surface area contributed by atoms with Crippen LogP contribution in [0.5, 0.6) is 0 Å². The van der Waals surface area contributed by atoms with Crippen LogP contribution in [0.2, 0.25) is 0 Å². The van der Waals surface area contributed by atoms with Gasteiger partial charge in [0.05, 0.1) is 23.7 Å². The van der Waals surface area contributed by atoms with Crippen LogP contribution < -0.4 is 4.57 Å². The number of hydrogen-bond acceptors (Lipinski definition) is 2. The highest BCUT2D eigenvalue weighted by molar-refractivity contribution is 7.10. The van der Waals surface area contributed by atoms with Gasteiger partial charge in [0.2, 0.25) is 0 Å². The van der Waals surface area contributed by atoms with Crippen LogP contribution in [-0.4, -0.2) is 5.71 Å². The van der Waals surface area contributed by atoms with Gasteiger partial charge in [-0.1, -0.05) is 13.0 Å². The zero-order valence-corrected chi connectivity index (χ0v) is 14.6. The Bertz CT molecular complexity index is 737. The number of aryl methyl sites for hydroxylation is 1. The van der Waals surface area contributed by atoms with Crippen molar-refractivity contribution >= 4 is 35.0 Å². The minimum absolute atomic E-state index is 0.0254. The highest BCUT2D eigenvalue weighted by Gasteiger charge is 2.41. The molecule has 3 rings (SSSR count). The lowest BCUT2D eigenvalue weighted by Gasteiger charge is -2.16. The quantitative estimate of drug-likeness (QED) is 0.707. The van der Waals surface area contributed by atoms with Gasteiger partial charge in [0.25, 0.3) is 0 Å². The molecule has 0 saturated heterocycles. The topological polar surface area (TPSA) is 16.2 Å². The molecule has 0 amide bonds. The van der Waals surface area contributed by atoms with E-state index in [0.717, 1.165) is 18.8 Å². The predicted molar refractivity (Wildman–Crippen MR) is 96.0 cm³/mol. The molecule has 0 unspecified atom stereocenters. The molecule has 2 aromatic rings. The maximum atomic E-state index is 4.83. The Labute approximate surface area is 136 Å². The van der Waals surface area contributed by atoms with Gasteiger partial charge < -0.3 is 0 Å². The second-order valence-electron chi connectivity index (χ2n) is 6.38. The molecule has 0 radical (unpaired) electrons. The summed E-state index contributed by atoms with van der Waals surface area (Å²) in [5, 5.41) is 2.11. The first-order valence-electron chi connectivity index (χ1n) is 7.87. The third-order valence-electron chi connectivity index (χ3n) is 4.43. The predicted octanol–water partition coefficient (Wildman–Crippen LogP) is 5.00. The average molecular weight is 311 g/mol.